The van der Waals surface area contributed by atoms with Crippen LogP contribution in [0.25, 0.3) is 0 Å². The molecule has 1 aliphatic heterocycles. The molecule has 1 aliphatic carbocycles. The number of esters is 1. The van der Waals surface area contributed by atoms with Gasteiger partial charge in [-0.05, 0) is 38.3 Å². The molecule has 1 saturated carbocycles. The fourth-order valence-corrected chi connectivity index (χ4v) is 3.74. The Morgan fingerprint density at radius 2 is 1.83 bits per heavy atom. The minimum absolute atomic E-state index is 0.0459. The van der Waals surface area contributed by atoms with Gasteiger partial charge < -0.3 is 15.0 Å². The van der Waals surface area contributed by atoms with E-state index in [4.69, 9.17) is 4.74 Å². The monoisotopic (exact) mass is 401 g/mol. The molecule has 0 bridgehead atoms. The second-order valence-electron chi connectivity index (χ2n) is 7.51. The van der Waals surface area contributed by atoms with E-state index in [2.05, 4.69) is 10.6 Å². The van der Waals surface area contributed by atoms with E-state index in [1.807, 2.05) is 0 Å². The third-order valence-electron chi connectivity index (χ3n) is 5.32. The molecule has 2 fully saturated rings. The van der Waals surface area contributed by atoms with Crippen molar-refractivity contribution in [2.75, 3.05) is 11.4 Å². The van der Waals surface area contributed by atoms with Crippen molar-refractivity contribution in [2.45, 2.75) is 64.0 Å². The Morgan fingerprint density at radius 1 is 1.10 bits per heavy atom. The Kier molecular flexibility index (Phi) is 6.85. The largest absolute Gasteiger partial charge is 0.449 e. The van der Waals surface area contributed by atoms with Crippen molar-refractivity contribution in [1.82, 2.24) is 10.6 Å². The Hall–Kier alpha value is -2.90. The molecule has 1 saturated heterocycles. The number of urea groups is 1. The highest BCUT2D eigenvalue weighted by Gasteiger charge is 2.28. The summed E-state index contributed by atoms with van der Waals surface area (Å²) in [5.41, 5.74) is 0.691. The molecule has 8 heteroatoms. The van der Waals surface area contributed by atoms with E-state index in [1.54, 1.807) is 29.2 Å². The van der Waals surface area contributed by atoms with E-state index in [1.165, 1.54) is 6.92 Å². The molecule has 4 amide bonds. The Balaban J connectivity index is 1.56. The summed E-state index contributed by atoms with van der Waals surface area (Å²) in [7, 11) is 0. The molecule has 2 N–H and O–H groups in total. The van der Waals surface area contributed by atoms with E-state index < -0.39 is 24.0 Å². The maximum atomic E-state index is 12.6. The number of carbonyl (C=O) groups is 4. The van der Waals surface area contributed by atoms with Crippen LogP contribution in [0.15, 0.2) is 24.3 Å². The molecule has 8 nitrogen and oxygen atoms in total. The summed E-state index contributed by atoms with van der Waals surface area (Å²) in [5, 5.41) is 5.02. The second-order valence-corrected chi connectivity index (χ2v) is 7.51. The maximum absolute atomic E-state index is 12.6. The molecule has 0 radical (unpaired) electrons. The number of hydrogen-bond acceptors (Lipinski definition) is 5. The van der Waals surface area contributed by atoms with Crippen molar-refractivity contribution in [3.05, 3.63) is 29.8 Å². The van der Waals surface area contributed by atoms with E-state index >= 15 is 0 Å². The fraction of sp³-hybridized carbons (Fsp3) is 0.524. The highest BCUT2D eigenvalue weighted by atomic mass is 16.5. The van der Waals surface area contributed by atoms with Gasteiger partial charge >= 0.3 is 12.0 Å². The van der Waals surface area contributed by atoms with Gasteiger partial charge in [0.2, 0.25) is 5.91 Å². The van der Waals surface area contributed by atoms with Gasteiger partial charge in [0.15, 0.2) is 6.10 Å². The van der Waals surface area contributed by atoms with Crippen molar-refractivity contribution < 1.29 is 23.9 Å². The van der Waals surface area contributed by atoms with Gasteiger partial charge in [0.1, 0.15) is 0 Å². The molecular formula is C21H27N3O5. The van der Waals surface area contributed by atoms with Crippen LogP contribution in [-0.4, -0.2) is 42.5 Å². The summed E-state index contributed by atoms with van der Waals surface area (Å²) in [5.74, 6) is -1.45. The van der Waals surface area contributed by atoms with Gasteiger partial charge in [0, 0.05) is 19.0 Å². The summed E-state index contributed by atoms with van der Waals surface area (Å²) in [6, 6.07) is 6.14. The number of nitrogens with one attached hydrogen (secondary N) is 2. The average Bonchev–Trinajstić information content (AvgIpc) is 3.14. The molecule has 29 heavy (non-hydrogen) atoms. The summed E-state index contributed by atoms with van der Waals surface area (Å²) >= 11 is 0. The quantitative estimate of drug-likeness (QED) is 0.738. The van der Waals surface area contributed by atoms with Crippen LogP contribution < -0.4 is 15.5 Å². The maximum Gasteiger partial charge on any atom is 0.341 e. The van der Waals surface area contributed by atoms with Crippen molar-refractivity contribution in [3.8, 4) is 0 Å². The molecular weight excluding hydrogens is 374 g/mol. The second kappa shape index (κ2) is 9.54. The summed E-state index contributed by atoms with van der Waals surface area (Å²) in [6.45, 7) is 1.95. The zero-order valence-corrected chi connectivity index (χ0v) is 16.6. The van der Waals surface area contributed by atoms with Gasteiger partial charge in [-0.15, -0.1) is 0 Å². The van der Waals surface area contributed by atoms with Gasteiger partial charge in [-0.1, -0.05) is 31.4 Å². The minimum atomic E-state index is -1.15. The topological polar surface area (TPSA) is 105 Å². The van der Waals surface area contributed by atoms with Crippen LogP contribution >= 0.6 is 0 Å². The van der Waals surface area contributed by atoms with Crippen LogP contribution in [0.2, 0.25) is 0 Å². The van der Waals surface area contributed by atoms with Crippen molar-refractivity contribution in [1.29, 1.82) is 0 Å². The summed E-state index contributed by atoms with van der Waals surface area (Å²) < 4.78 is 5.26. The number of carbonyl (C=O) groups excluding carboxylic acids is 4. The number of imide groups is 1. The van der Waals surface area contributed by atoms with E-state index in [9.17, 15) is 19.2 Å². The van der Waals surface area contributed by atoms with Gasteiger partial charge in [-0.25, -0.2) is 9.59 Å². The Bertz CT molecular complexity index is 788. The van der Waals surface area contributed by atoms with Gasteiger partial charge in [0.05, 0.1) is 11.3 Å². The average molecular weight is 401 g/mol. The number of rotatable bonds is 5. The molecule has 1 atom stereocenters. The number of benzene rings is 1. The third kappa shape index (κ3) is 5.34. The first-order valence-corrected chi connectivity index (χ1v) is 10.2. The summed E-state index contributed by atoms with van der Waals surface area (Å²) in [4.78, 5) is 50.5. The molecule has 0 spiro atoms. The first-order chi connectivity index (χ1) is 14.0. The number of amides is 4. The first kappa shape index (κ1) is 20.8. The zero-order valence-electron chi connectivity index (χ0n) is 16.6. The molecule has 1 aromatic carbocycles. The predicted molar refractivity (Wildman–Crippen MR) is 106 cm³/mol. The fourth-order valence-electron chi connectivity index (χ4n) is 3.74. The predicted octanol–water partition coefficient (Wildman–Crippen LogP) is 2.52. The van der Waals surface area contributed by atoms with Crippen LogP contribution in [0.4, 0.5) is 10.5 Å². The lowest BCUT2D eigenvalue weighted by atomic mass is 9.96. The lowest BCUT2D eigenvalue weighted by Crippen LogP contribution is -2.48. The lowest BCUT2D eigenvalue weighted by Gasteiger charge is -2.23. The van der Waals surface area contributed by atoms with Crippen molar-refractivity contribution >= 4 is 29.5 Å². The zero-order chi connectivity index (χ0) is 20.8. The van der Waals surface area contributed by atoms with Crippen molar-refractivity contribution in [3.63, 3.8) is 0 Å². The van der Waals surface area contributed by atoms with Gasteiger partial charge in [-0.3, -0.25) is 14.9 Å². The minimum Gasteiger partial charge on any atom is -0.449 e. The number of hydrogen-bond donors (Lipinski definition) is 2. The standard InChI is InChI=1S/C21H27N3O5/c1-14(19(26)23-21(28)22-15-8-3-2-4-9-15)29-20(27)16-10-5-6-11-17(16)24-13-7-12-18(24)25/h5-6,10-11,14-15H,2-4,7-9,12-13H2,1H3,(H2,22,23,26,28)/t14-/m1/s1. The SMILES string of the molecule is C[C@@H](OC(=O)c1ccccc1N1CCCC1=O)C(=O)NC(=O)NC1CCCCC1. The Morgan fingerprint density at radius 3 is 2.52 bits per heavy atom. The normalized spacial score (nSPS) is 18.2. The lowest BCUT2D eigenvalue weighted by molar-refractivity contribution is -0.128. The molecule has 1 aromatic rings. The van der Waals surface area contributed by atoms with Gasteiger partial charge in [0.25, 0.3) is 5.91 Å². The molecule has 156 valence electrons. The van der Waals surface area contributed by atoms with Crippen molar-refractivity contribution in [2.24, 2.45) is 0 Å². The van der Waals surface area contributed by atoms with Crippen LogP contribution in [0.3, 0.4) is 0 Å². The number of nitrogens with zero attached hydrogens (tertiary/aromatic N) is 1. The van der Waals surface area contributed by atoms with E-state index in [0.717, 1.165) is 38.5 Å². The molecule has 0 unspecified atom stereocenters. The number of ether oxygens (including phenoxy) is 1. The molecule has 1 heterocycles. The van der Waals surface area contributed by atoms with E-state index in [-0.39, 0.29) is 17.5 Å². The highest BCUT2D eigenvalue weighted by Crippen LogP contribution is 2.26. The number of anilines is 1. The first-order valence-electron chi connectivity index (χ1n) is 10.2. The van der Waals surface area contributed by atoms with Crippen LogP contribution in [0, 0.1) is 0 Å². The van der Waals surface area contributed by atoms with Crippen LogP contribution in [-0.2, 0) is 14.3 Å². The van der Waals surface area contributed by atoms with Crippen LogP contribution in [0.1, 0.15) is 62.2 Å². The Labute approximate surface area is 170 Å². The number of para-hydroxylation sites is 1. The molecule has 2 aliphatic rings. The summed E-state index contributed by atoms with van der Waals surface area (Å²) in [6.07, 6.45) is 5.11. The molecule has 0 aromatic heterocycles. The highest BCUT2D eigenvalue weighted by molar-refractivity contribution is 6.04. The molecule has 3 rings (SSSR count). The van der Waals surface area contributed by atoms with E-state index in [0.29, 0.717) is 18.7 Å². The smallest absolute Gasteiger partial charge is 0.341 e. The third-order valence-corrected chi connectivity index (χ3v) is 5.32. The van der Waals surface area contributed by atoms with Crippen LogP contribution in [0.5, 0.6) is 0 Å². The van der Waals surface area contributed by atoms with Gasteiger partial charge in [-0.2, -0.15) is 0 Å².